The normalized spacial score (nSPS) is 10.1. The Labute approximate surface area is 71.2 Å². The summed E-state index contributed by atoms with van der Waals surface area (Å²) in [4.78, 5) is 17.7. The van der Waals surface area contributed by atoms with E-state index >= 15 is 0 Å². The molecule has 0 spiro atoms. The van der Waals surface area contributed by atoms with Crippen LogP contribution in [0, 0.1) is 0 Å². The number of anilines is 1. The first-order chi connectivity index (χ1) is 5.74. The monoisotopic (exact) mass is 167 g/mol. The number of carbonyl (C=O) groups excluding carboxylic acids is 1. The molecule has 66 valence electrons. The number of H-pyrrole nitrogens is 1. The highest BCUT2D eigenvalue weighted by molar-refractivity contribution is 5.94. The second-order valence-corrected chi connectivity index (χ2v) is 2.71. The van der Waals surface area contributed by atoms with Gasteiger partial charge in [-0.25, -0.2) is 4.98 Å². The Morgan fingerprint density at radius 3 is 3.00 bits per heavy atom. The van der Waals surface area contributed by atoms with Crippen LogP contribution in [-0.4, -0.2) is 15.8 Å². The minimum Gasteiger partial charge on any atom is -0.369 e. The number of unbranched alkanes of at least 4 members (excludes halogenated alkanes) is 1. The predicted molar refractivity (Wildman–Crippen MR) is 46.9 cm³/mol. The lowest BCUT2D eigenvalue weighted by Crippen LogP contribution is -1.99. The molecule has 0 amide bonds. The summed E-state index contributed by atoms with van der Waals surface area (Å²) in [6.07, 6.45) is 3.98. The van der Waals surface area contributed by atoms with Gasteiger partial charge in [0.15, 0.2) is 11.7 Å². The van der Waals surface area contributed by atoms with Gasteiger partial charge in [-0.2, -0.15) is 0 Å². The Balaban J connectivity index is 2.53. The molecule has 0 unspecified atom stereocenters. The molecule has 4 heteroatoms. The molecule has 4 nitrogen and oxygen atoms in total. The molecule has 0 aliphatic carbocycles. The van der Waals surface area contributed by atoms with E-state index in [1.807, 2.05) is 0 Å². The van der Waals surface area contributed by atoms with Gasteiger partial charge in [-0.15, -0.1) is 0 Å². The molecular weight excluding hydrogens is 154 g/mol. The van der Waals surface area contributed by atoms with Crippen LogP contribution in [0.1, 0.15) is 36.7 Å². The zero-order chi connectivity index (χ0) is 8.97. The molecule has 0 aliphatic heterocycles. The Hall–Kier alpha value is -1.32. The van der Waals surface area contributed by atoms with Gasteiger partial charge in [-0.1, -0.05) is 13.3 Å². The molecule has 0 radical (unpaired) electrons. The van der Waals surface area contributed by atoms with Crippen molar-refractivity contribution in [3.63, 3.8) is 0 Å². The van der Waals surface area contributed by atoms with E-state index < -0.39 is 0 Å². The molecule has 1 rings (SSSR count). The van der Waals surface area contributed by atoms with Crippen LogP contribution in [0.15, 0.2) is 6.20 Å². The summed E-state index contributed by atoms with van der Waals surface area (Å²) in [5.41, 5.74) is 5.84. The zero-order valence-corrected chi connectivity index (χ0v) is 7.13. The van der Waals surface area contributed by atoms with E-state index in [-0.39, 0.29) is 5.78 Å². The van der Waals surface area contributed by atoms with Gasteiger partial charge in [0, 0.05) is 6.42 Å². The number of ketones is 1. The van der Waals surface area contributed by atoms with Gasteiger partial charge >= 0.3 is 0 Å². The maximum Gasteiger partial charge on any atom is 0.197 e. The van der Waals surface area contributed by atoms with Crippen molar-refractivity contribution in [2.45, 2.75) is 26.2 Å². The molecule has 12 heavy (non-hydrogen) atoms. The molecule has 0 fully saturated rings. The number of nitrogens with zero attached hydrogens (tertiary/aromatic N) is 1. The number of carbonyl (C=O) groups is 1. The van der Waals surface area contributed by atoms with Crippen molar-refractivity contribution in [1.29, 1.82) is 0 Å². The highest BCUT2D eigenvalue weighted by Crippen LogP contribution is 2.05. The van der Waals surface area contributed by atoms with Gasteiger partial charge in [0.1, 0.15) is 5.69 Å². The maximum absolute atomic E-state index is 11.3. The lowest BCUT2D eigenvalue weighted by atomic mass is 10.1. The van der Waals surface area contributed by atoms with E-state index in [0.29, 0.717) is 18.1 Å². The number of hydrogen-bond donors (Lipinski definition) is 2. The van der Waals surface area contributed by atoms with Crippen LogP contribution in [0.5, 0.6) is 0 Å². The summed E-state index contributed by atoms with van der Waals surface area (Å²) in [5.74, 6) is 0.385. The average Bonchev–Trinajstić information content (AvgIpc) is 2.47. The summed E-state index contributed by atoms with van der Waals surface area (Å²) in [7, 11) is 0. The molecule has 0 atom stereocenters. The fourth-order valence-corrected chi connectivity index (χ4v) is 0.950. The smallest absolute Gasteiger partial charge is 0.197 e. The Bertz CT molecular complexity index is 267. The van der Waals surface area contributed by atoms with Gasteiger partial charge in [0.05, 0.1) is 6.20 Å². The van der Waals surface area contributed by atoms with Crippen LogP contribution >= 0.6 is 0 Å². The predicted octanol–water partition coefficient (Wildman–Crippen LogP) is 1.36. The van der Waals surface area contributed by atoms with Crippen molar-refractivity contribution in [2.75, 3.05) is 5.73 Å². The van der Waals surface area contributed by atoms with Gasteiger partial charge in [-0.3, -0.25) is 4.79 Å². The average molecular weight is 167 g/mol. The highest BCUT2D eigenvalue weighted by Gasteiger charge is 2.06. The van der Waals surface area contributed by atoms with Gasteiger partial charge in [-0.05, 0) is 6.42 Å². The van der Waals surface area contributed by atoms with E-state index in [4.69, 9.17) is 5.73 Å². The number of nitrogens with two attached hydrogens (primary N) is 1. The third kappa shape index (κ3) is 2.08. The number of hydrogen-bond acceptors (Lipinski definition) is 3. The van der Waals surface area contributed by atoms with Crippen LogP contribution in [0.25, 0.3) is 0 Å². The number of aromatic amines is 1. The number of Topliss-reactive ketones (excluding diaryl/α,β-unsaturated/α-hetero) is 1. The van der Waals surface area contributed by atoms with E-state index in [9.17, 15) is 4.79 Å². The van der Waals surface area contributed by atoms with Crippen LogP contribution in [-0.2, 0) is 0 Å². The zero-order valence-electron chi connectivity index (χ0n) is 7.13. The molecule has 1 heterocycles. The van der Waals surface area contributed by atoms with Gasteiger partial charge in [0.2, 0.25) is 0 Å². The molecular formula is C8H13N3O. The topological polar surface area (TPSA) is 71.8 Å². The standard InChI is InChI=1S/C8H13N3O/c1-2-3-4-7(12)6-5-10-8(9)11-6/h5H,2-4H2,1H3,(H3,9,10,11). The van der Waals surface area contributed by atoms with Crippen LogP contribution < -0.4 is 5.73 Å². The van der Waals surface area contributed by atoms with Crippen molar-refractivity contribution >= 4 is 11.7 Å². The summed E-state index contributed by atoms with van der Waals surface area (Å²) >= 11 is 0. The molecule has 1 aromatic rings. The number of rotatable bonds is 4. The summed E-state index contributed by atoms with van der Waals surface area (Å²) in [5, 5.41) is 0. The fraction of sp³-hybridized carbons (Fsp3) is 0.500. The first-order valence-corrected chi connectivity index (χ1v) is 4.07. The van der Waals surface area contributed by atoms with Crippen LogP contribution in [0.2, 0.25) is 0 Å². The maximum atomic E-state index is 11.3. The molecule has 3 N–H and O–H groups in total. The second kappa shape index (κ2) is 3.90. The SMILES string of the molecule is CCCCC(=O)c1cnc(N)[nH]1. The summed E-state index contributed by atoms with van der Waals surface area (Å²) in [6.45, 7) is 2.05. The molecule has 0 aliphatic rings. The van der Waals surface area contributed by atoms with E-state index in [1.165, 1.54) is 6.20 Å². The molecule has 0 aromatic carbocycles. The van der Waals surface area contributed by atoms with E-state index in [1.54, 1.807) is 0 Å². The lowest BCUT2D eigenvalue weighted by molar-refractivity contribution is 0.0975. The van der Waals surface area contributed by atoms with Crippen LogP contribution in [0.4, 0.5) is 5.95 Å². The van der Waals surface area contributed by atoms with E-state index in [0.717, 1.165) is 12.8 Å². The van der Waals surface area contributed by atoms with Crippen molar-refractivity contribution in [3.8, 4) is 0 Å². The number of nitrogen functional groups attached to an aromatic ring is 1. The first kappa shape index (κ1) is 8.77. The fourth-order valence-electron chi connectivity index (χ4n) is 0.950. The number of nitrogens with one attached hydrogen (secondary N) is 1. The quantitative estimate of drug-likeness (QED) is 0.665. The minimum absolute atomic E-state index is 0.0843. The summed E-state index contributed by atoms with van der Waals surface area (Å²) < 4.78 is 0. The largest absolute Gasteiger partial charge is 0.369 e. The molecule has 0 saturated heterocycles. The van der Waals surface area contributed by atoms with Gasteiger partial charge in [0.25, 0.3) is 0 Å². The van der Waals surface area contributed by atoms with E-state index in [2.05, 4.69) is 16.9 Å². The number of imidazole rings is 1. The molecule has 0 saturated carbocycles. The van der Waals surface area contributed by atoms with Crippen LogP contribution in [0.3, 0.4) is 0 Å². The molecule has 1 aromatic heterocycles. The van der Waals surface area contributed by atoms with Crippen molar-refractivity contribution in [1.82, 2.24) is 9.97 Å². The van der Waals surface area contributed by atoms with Crippen molar-refractivity contribution < 1.29 is 4.79 Å². The highest BCUT2D eigenvalue weighted by atomic mass is 16.1. The third-order valence-corrected chi connectivity index (χ3v) is 1.65. The number of aromatic nitrogens is 2. The summed E-state index contributed by atoms with van der Waals surface area (Å²) in [6, 6.07) is 0. The first-order valence-electron chi connectivity index (χ1n) is 4.07. The Kier molecular flexibility index (Phi) is 2.85. The van der Waals surface area contributed by atoms with Crippen molar-refractivity contribution in [3.05, 3.63) is 11.9 Å². The second-order valence-electron chi connectivity index (χ2n) is 2.71. The Morgan fingerprint density at radius 1 is 1.75 bits per heavy atom. The van der Waals surface area contributed by atoms with Gasteiger partial charge < -0.3 is 10.7 Å². The lowest BCUT2D eigenvalue weighted by Gasteiger charge is -1.93. The molecule has 0 bridgehead atoms. The minimum atomic E-state index is 0.0843. The third-order valence-electron chi connectivity index (χ3n) is 1.65. The van der Waals surface area contributed by atoms with Crippen molar-refractivity contribution in [2.24, 2.45) is 0 Å². The Morgan fingerprint density at radius 2 is 2.50 bits per heavy atom.